The van der Waals surface area contributed by atoms with Crippen LogP contribution in [0, 0.1) is 0 Å². The van der Waals surface area contributed by atoms with Gasteiger partial charge in [-0.25, -0.2) is 0 Å². The molecule has 0 saturated heterocycles. The summed E-state index contributed by atoms with van der Waals surface area (Å²) >= 11 is 1.21. The lowest BCUT2D eigenvalue weighted by Crippen LogP contribution is -2.39. The number of thiazole rings is 1. The molecule has 31 heavy (non-hydrogen) atoms. The zero-order chi connectivity index (χ0) is 22.1. The van der Waals surface area contributed by atoms with Crippen molar-refractivity contribution >= 4 is 34.1 Å². The number of hydrogen-bond acceptors (Lipinski definition) is 7. The van der Waals surface area contributed by atoms with Gasteiger partial charge in [-0.2, -0.15) is 4.98 Å². The van der Waals surface area contributed by atoms with Crippen molar-refractivity contribution in [3.63, 3.8) is 0 Å². The summed E-state index contributed by atoms with van der Waals surface area (Å²) in [5, 5.41) is 23.9. The fraction of sp³-hybridized carbons (Fsp3) is 0.250. The summed E-state index contributed by atoms with van der Waals surface area (Å²) < 4.78 is 1.28. The van der Waals surface area contributed by atoms with Crippen molar-refractivity contribution in [3.05, 3.63) is 62.4 Å². The minimum absolute atomic E-state index is 0.129. The molecule has 1 aliphatic carbocycles. The van der Waals surface area contributed by atoms with Crippen LogP contribution in [-0.2, 0) is 17.6 Å². The molecule has 4 rings (SSSR count). The van der Waals surface area contributed by atoms with Gasteiger partial charge in [0.2, 0.25) is 5.88 Å². The molecule has 1 aliphatic rings. The number of carboxylic acids is 1. The first-order valence-electron chi connectivity index (χ1n) is 9.47. The molecule has 4 N–H and O–H groups in total. The summed E-state index contributed by atoms with van der Waals surface area (Å²) in [6.45, 7) is -0.690. The Morgan fingerprint density at radius 1 is 1.19 bits per heavy atom. The average Bonchev–Trinajstić information content (AvgIpc) is 3.10. The first-order valence-corrected chi connectivity index (χ1v) is 10.3. The van der Waals surface area contributed by atoms with Gasteiger partial charge in [0, 0.05) is 28.6 Å². The summed E-state index contributed by atoms with van der Waals surface area (Å²) in [6.07, 6.45) is 1.55. The van der Waals surface area contributed by atoms with Crippen LogP contribution in [0.2, 0.25) is 0 Å². The standard InChI is InChI=1S/C20H18N4O6S/c25-14(26)9-21-17(28)15-18(29)23-20-24(19(15)30)12-7-6-11(8-13(12)31-20)22-16(27)10-4-2-1-3-5-10/h1-5,11,29H,6-9H2,(H,21,28)(H,22,27)(H,25,26). The number of hydrogen-bond donors (Lipinski definition) is 4. The molecule has 0 radical (unpaired) electrons. The number of rotatable bonds is 5. The summed E-state index contributed by atoms with van der Waals surface area (Å²) in [5.74, 6) is -3.21. The first kappa shape index (κ1) is 20.5. The number of aromatic nitrogens is 2. The number of aliphatic carboxylic acids is 1. The Bertz CT molecular complexity index is 1250. The molecule has 0 saturated carbocycles. The van der Waals surface area contributed by atoms with Gasteiger partial charge in [-0.1, -0.05) is 18.2 Å². The van der Waals surface area contributed by atoms with Crippen LogP contribution in [0.15, 0.2) is 35.1 Å². The fourth-order valence-electron chi connectivity index (χ4n) is 3.56. The quantitative estimate of drug-likeness (QED) is 0.451. The van der Waals surface area contributed by atoms with Crippen molar-refractivity contribution in [2.45, 2.75) is 25.3 Å². The van der Waals surface area contributed by atoms with Crippen LogP contribution in [-0.4, -0.2) is 50.0 Å². The van der Waals surface area contributed by atoms with Gasteiger partial charge in [0.1, 0.15) is 6.54 Å². The van der Waals surface area contributed by atoms with Crippen molar-refractivity contribution < 1.29 is 24.6 Å². The molecule has 0 spiro atoms. The van der Waals surface area contributed by atoms with Crippen molar-refractivity contribution in [2.24, 2.45) is 0 Å². The topological polar surface area (TPSA) is 150 Å². The lowest BCUT2D eigenvalue weighted by atomic mass is 9.97. The Balaban J connectivity index is 1.61. The van der Waals surface area contributed by atoms with Crippen LogP contribution < -0.4 is 16.2 Å². The molecular formula is C20H18N4O6S. The predicted molar refractivity (Wildman–Crippen MR) is 111 cm³/mol. The van der Waals surface area contributed by atoms with E-state index in [-0.39, 0.29) is 16.9 Å². The lowest BCUT2D eigenvalue weighted by molar-refractivity contribution is -0.135. The first-order chi connectivity index (χ1) is 14.8. The van der Waals surface area contributed by atoms with Gasteiger partial charge in [-0.05, 0) is 25.0 Å². The second kappa shape index (κ2) is 8.19. The van der Waals surface area contributed by atoms with Crippen LogP contribution in [0.3, 0.4) is 0 Å². The van der Waals surface area contributed by atoms with E-state index < -0.39 is 35.4 Å². The highest BCUT2D eigenvalue weighted by Gasteiger charge is 2.28. The molecule has 0 fully saturated rings. The van der Waals surface area contributed by atoms with Crippen LogP contribution in [0.1, 0.15) is 37.7 Å². The second-order valence-corrected chi connectivity index (χ2v) is 8.12. The Labute approximate surface area is 179 Å². The van der Waals surface area contributed by atoms with E-state index in [1.807, 2.05) is 6.07 Å². The van der Waals surface area contributed by atoms with E-state index in [0.29, 0.717) is 30.5 Å². The maximum absolute atomic E-state index is 12.9. The van der Waals surface area contributed by atoms with Crippen molar-refractivity contribution in [2.75, 3.05) is 6.54 Å². The van der Waals surface area contributed by atoms with Crippen molar-refractivity contribution in [1.29, 1.82) is 0 Å². The number of aryl methyl sites for hydroxylation is 1. The molecule has 10 nitrogen and oxygen atoms in total. The molecule has 0 aliphatic heterocycles. The van der Waals surface area contributed by atoms with Crippen molar-refractivity contribution in [3.8, 4) is 5.88 Å². The number of carboxylic acid groups (broad SMARTS) is 1. The van der Waals surface area contributed by atoms with E-state index in [9.17, 15) is 24.3 Å². The molecule has 160 valence electrons. The van der Waals surface area contributed by atoms with Gasteiger partial charge in [-0.3, -0.25) is 23.6 Å². The normalized spacial score (nSPS) is 15.3. The largest absolute Gasteiger partial charge is 0.492 e. The maximum Gasteiger partial charge on any atom is 0.322 e. The van der Waals surface area contributed by atoms with Gasteiger partial charge >= 0.3 is 5.97 Å². The summed E-state index contributed by atoms with van der Waals surface area (Å²) in [7, 11) is 0. The number of carbonyl (C=O) groups is 3. The van der Waals surface area contributed by atoms with Crippen LogP contribution >= 0.6 is 11.3 Å². The molecule has 0 bridgehead atoms. The Kier molecular flexibility index (Phi) is 5.42. The fourth-order valence-corrected chi connectivity index (χ4v) is 4.80. The summed E-state index contributed by atoms with van der Waals surface area (Å²) in [4.78, 5) is 53.2. The Morgan fingerprint density at radius 2 is 1.94 bits per heavy atom. The third-order valence-electron chi connectivity index (χ3n) is 5.00. The van der Waals surface area contributed by atoms with E-state index in [2.05, 4.69) is 15.6 Å². The minimum atomic E-state index is -1.28. The number of carbonyl (C=O) groups excluding carboxylic acids is 2. The molecule has 1 atom stereocenters. The van der Waals surface area contributed by atoms with Gasteiger partial charge in [0.05, 0.1) is 0 Å². The van der Waals surface area contributed by atoms with Gasteiger partial charge in [0.25, 0.3) is 17.4 Å². The van der Waals surface area contributed by atoms with Crippen LogP contribution in [0.25, 0.3) is 4.96 Å². The number of fused-ring (bicyclic) bond motifs is 3. The van der Waals surface area contributed by atoms with Gasteiger partial charge in [0.15, 0.2) is 10.5 Å². The SMILES string of the molecule is O=C(O)CNC(=O)c1c(O)nc2sc3c(n2c1=O)CCC(NC(=O)c1ccccc1)C3. The summed E-state index contributed by atoms with van der Waals surface area (Å²) in [6, 6.07) is 8.73. The Morgan fingerprint density at radius 3 is 2.65 bits per heavy atom. The van der Waals surface area contributed by atoms with Gasteiger partial charge in [-0.15, -0.1) is 11.3 Å². The minimum Gasteiger partial charge on any atom is -0.492 e. The number of nitrogens with zero attached hydrogens (tertiary/aromatic N) is 2. The highest BCUT2D eigenvalue weighted by Crippen LogP contribution is 2.30. The Hall–Kier alpha value is -3.73. The highest BCUT2D eigenvalue weighted by molar-refractivity contribution is 7.17. The van der Waals surface area contributed by atoms with E-state index in [1.54, 1.807) is 24.3 Å². The molecule has 1 aromatic carbocycles. The van der Waals surface area contributed by atoms with E-state index in [0.717, 1.165) is 4.88 Å². The molecule has 11 heteroatoms. The summed E-state index contributed by atoms with van der Waals surface area (Å²) in [5.41, 5.74) is -0.118. The average molecular weight is 442 g/mol. The number of amides is 2. The predicted octanol–water partition coefficient (Wildman–Crippen LogP) is 0.563. The van der Waals surface area contributed by atoms with Crippen LogP contribution in [0.5, 0.6) is 5.88 Å². The molecule has 3 aromatic rings. The van der Waals surface area contributed by atoms with Gasteiger partial charge < -0.3 is 20.8 Å². The molecular weight excluding hydrogens is 424 g/mol. The molecule has 2 amide bonds. The number of benzene rings is 1. The molecule has 2 aromatic heterocycles. The van der Waals surface area contributed by atoms with Crippen molar-refractivity contribution in [1.82, 2.24) is 20.0 Å². The zero-order valence-corrected chi connectivity index (χ0v) is 16.9. The smallest absolute Gasteiger partial charge is 0.322 e. The molecule has 1 unspecified atom stereocenters. The van der Waals surface area contributed by atoms with Crippen LogP contribution in [0.4, 0.5) is 0 Å². The third-order valence-corrected chi connectivity index (χ3v) is 6.10. The monoisotopic (exact) mass is 442 g/mol. The van der Waals surface area contributed by atoms with E-state index in [4.69, 9.17) is 5.11 Å². The zero-order valence-electron chi connectivity index (χ0n) is 16.1. The third kappa shape index (κ3) is 3.99. The maximum atomic E-state index is 12.9. The van der Waals surface area contributed by atoms with E-state index >= 15 is 0 Å². The number of aromatic hydroxyl groups is 1. The number of nitrogens with one attached hydrogen (secondary N) is 2. The molecule has 2 heterocycles. The highest BCUT2D eigenvalue weighted by atomic mass is 32.1. The van der Waals surface area contributed by atoms with E-state index in [1.165, 1.54) is 15.7 Å². The lowest BCUT2D eigenvalue weighted by Gasteiger charge is -2.23. The second-order valence-electron chi connectivity index (χ2n) is 7.06.